The molecule has 2 unspecified atom stereocenters. The van der Waals surface area contributed by atoms with Gasteiger partial charge < -0.3 is 17.3 Å². The number of fused-ring (bicyclic) bond motifs is 1. The SMILES string of the molecule is O=c1c2ccccc2c(Cc2ccc(F)cc2)nn1C1CCC[NH+](CCc2ccccn2)CC1.[Cl-]. The van der Waals surface area contributed by atoms with E-state index in [2.05, 4.69) is 11.1 Å². The van der Waals surface area contributed by atoms with Gasteiger partial charge in [0.05, 0.1) is 36.8 Å². The average molecular weight is 493 g/mol. The highest BCUT2D eigenvalue weighted by molar-refractivity contribution is 5.83. The molecule has 182 valence electrons. The van der Waals surface area contributed by atoms with Gasteiger partial charge in [-0.1, -0.05) is 36.4 Å². The number of pyridine rings is 1. The first-order valence-electron chi connectivity index (χ1n) is 12.2. The Morgan fingerprint density at radius 2 is 1.71 bits per heavy atom. The normalized spacial score (nSPS) is 18.1. The van der Waals surface area contributed by atoms with Crippen molar-refractivity contribution in [2.45, 2.75) is 38.1 Å². The van der Waals surface area contributed by atoms with E-state index in [0.717, 1.165) is 67.7 Å². The first-order valence-corrected chi connectivity index (χ1v) is 12.2. The number of nitrogens with one attached hydrogen (secondary N) is 1. The molecule has 2 atom stereocenters. The zero-order valence-corrected chi connectivity index (χ0v) is 20.4. The Labute approximate surface area is 211 Å². The van der Waals surface area contributed by atoms with Crippen LogP contribution >= 0.6 is 0 Å². The van der Waals surface area contributed by atoms with Gasteiger partial charge in [-0.25, -0.2) is 9.07 Å². The van der Waals surface area contributed by atoms with E-state index in [1.807, 2.05) is 42.6 Å². The fraction of sp³-hybridized carbons (Fsp3) is 0.321. The second-order valence-corrected chi connectivity index (χ2v) is 9.20. The van der Waals surface area contributed by atoms with Crippen molar-refractivity contribution in [1.29, 1.82) is 0 Å². The van der Waals surface area contributed by atoms with Crippen molar-refractivity contribution in [3.63, 3.8) is 0 Å². The predicted molar refractivity (Wildman–Crippen MR) is 132 cm³/mol. The lowest BCUT2D eigenvalue weighted by Gasteiger charge is -2.19. The molecule has 1 saturated heterocycles. The van der Waals surface area contributed by atoms with Crippen molar-refractivity contribution in [3.8, 4) is 0 Å². The zero-order chi connectivity index (χ0) is 23.3. The largest absolute Gasteiger partial charge is 1.00 e. The third-order valence-electron chi connectivity index (χ3n) is 6.90. The second kappa shape index (κ2) is 11.6. The molecule has 0 bridgehead atoms. The lowest BCUT2D eigenvalue weighted by molar-refractivity contribution is -0.899. The van der Waals surface area contributed by atoms with Crippen molar-refractivity contribution in [2.75, 3.05) is 19.6 Å². The van der Waals surface area contributed by atoms with E-state index in [-0.39, 0.29) is 29.8 Å². The third kappa shape index (κ3) is 5.95. The Kier molecular flexibility index (Phi) is 8.26. The standard InChI is InChI=1S/C28H29FN4O.ClH/c29-22-12-10-21(11-13-22)20-27-25-8-1-2-9-26(25)28(34)33(31-27)24-7-5-17-32(19-15-24)18-14-23-6-3-4-16-30-23;/h1-4,6,8-13,16,24H,5,7,14-15,17-20H2;1H. The van der Waals surface area contributed by atoms with Gasteiger partial charge in [-0.05, 0) is 48.7 Å². The fourth-order valence-corrected chi connectivity index (χ4v) is 5.02. The molecule has 3 heterocycles. The van der Waals surface area contributed by atoms with Gasteiger partial charge >= 0.3 is 0 Å². The molecular weight excluding hydrogens is 463 g/mol. The van der Waals surface area contributed by atoms with Crippen LogP contribution in [-0.2, 0) is 12.8 Å². The van der Waals surface area contributed by atoms with Crippen molar-refractivity contribution in [3.05, 3.63) is 106 Å². The molecule has 1 aliphatic rings. The summed E-state index contributed by atoms with van der Waals surface area (Å²) in [5, 5.41) is 6.48. The number of hydrogen-bond acceptors (Lipinski definition) is 3. The highest BCUT2D eigenvalue weighted by Gasteiger charge is 2.24. The van der Waals surface area contributed by atoms with Crippen LogP contribution in [-0.4, -0.2) is 34.4 Å². The van der Waals surface area contributed by atoms with Crippen molar-refractivity contribution in [2.24, 2.45) is 0 Å². The molecule has 5 nitrogen and oxygen atoms in total. The van der Waals surface area contributed by atoms with Gasteiger partial charge in [-0.3, -0.25) is 9.78 Å². The Morgan fingerprint density at radius 1 is 0.943 bits per heavy atom. The van der Waals surface area contributed by atoms with Gasteiger partial charge in [-0.15, -0.1) is 0 Å². The molecule has 0 saturated carbocycles. The topological polar surface area (TPSA) is 52.2 Å². The number of halogens is 2. The summed E-state index contributed by atoms with van der Waals surface area (Å²) >= 11 is 0. The Balaban J connectivity index is 0.00000289. The molecular formula is C28H30ClFN4O. The van der Waals surface area contributed by atoms with E-state index >= 15 is 0 Å². The average Bonchev–Trinajstić information content (AvgIpc) is 3.12. The summed E-state index contributed by atoms with van der Waals surface area (Å²) in [7, 11) is 0. The molecule has 0 aliphatic carbocycles. The summed E-state index contributed by atoms with van der Waals surface area (Å²) in [4.78, 5) is 19.4. The monoisotopic (exact) mass is 492 g/mol. The van der Waals surface area contributed by atoms with Gasteiger partial charge in [-0.2, -0.15) is 5.10 Å². The minimum Gasteiger partial charge on any atom is -1.00 e. The van der Waals surface area contributed by atoms with Gasteiger partial charge in [0.1, 0.15) is 5.82 Å². The second-order valence-electron chi connectivity index (χ2n) is 9.20. The number of nitrogens with zero attached hydrogens (tertiary/aromatic N) is 3. The maximum absolute atomic E-state index is 13.4. The molecule has 2 aromatic carbocycles. The summed E-state index contributed by atoms with van der Waals surface area (Å²) in [6, 6.07) is 20.4. The number of benzene rings is 2. The Hall–Kier alpha value is -3.09. The lowest BCUT2D eigenvalue weighted by Crippen LogP contribution is -3.12. The molecule has 35 heavy (non-hydrogen) atoms. The molecule has 4 aromatic rings. The molecule has 0 spiro atoms. The van der Waals surface area contributed by atoms with E-state index in [1.165, 1.54) is 12.1 Å². The number of likely N-dealkylation sites (tertiary alicyclic amines) is 1. The van der Waals surface area contributed by atoms with E-state index in [9.17, 15) is 9.18 Å². The highest BCUT2D eigenvalue weighted by Crippen LogP contribution is 2.21. The fourth-order valence-electron chi connectivity index (χ4n) is 5.02. The van der Waals surface area contributed by atoms with Crippen LogP contribution < -0.4 is 22.9 Å². The summed E-state index contributed by atoms with van der Waals surface area (Å²) in [5.41, 5.74) is 2.97. The van der Waals surface area contributed by atoms with Crippen LogP contribution in [0, 0.1) is 5.82 Å². The molecule has 1 N–H and O–H groups in total. The van der Waals surface area contributed by atoms with Crippen LogP contribution in [0.2, 0.25) is 0 Å². The van der Waals surface area contributed by atoms with Crippen LogP contribution in [0.25, 0.3) is 10.8 Å². The number of hydrogen-bond donors (Lipinski definition) is 1. The molecule has 7 heteroatoms. The van der Waals surface area contributed by atoms with Gasteiger partial charge in [0.15, 0.2) is 0 Å². The Bertz CT molecular complexity index is 1310. The maximum atomic E-state index is 13.4. The summed E-state index contributed by atoms with van der Waals surface area (Å²) in [5.74, 6) is -0.250. The summed E-state index contributed by atoms with van der Waals surface area (Å²) < 4.78 is 15.1. The van der Waals surface area contributed by atoms with Crippen LogP contribution in [0.15, 0.2) is 77.7 Å². The molecule has 5 rings (SSSR count). The first kappa shape index (κ1) is 25.0. The lowest BCUT2D eigenvalue weighted by atomic mass is 10.0. The summed E-state index contributed by atoms with van der Waals surface area (Å²) in [6.07, 6.45) is 6.33. The minimum absolute atomic E-state index is 0. The van der Waals surface area contributed by atoms with Crippen LogP contribution in [0.4, 0.5) is 4.39 Å². The van der Waals surface area contributed by atoms with Crippen molar-refractivity contribution in [1.82, 2.24) is 14.8 Å². The number of rotatable bonds is 6. The quantitative estimate of drug-likeness (QED) is 0.423. The highest BCUT2D eigenvalue weighted by atomic mass is 35.5. The van der Waals surface area contributed by atoms with E-state index in [1.54, 1.807) is 21.7 Å². The molecule has 0 radical (unpaired) electrons. The Morgan fingerprint density at radius 3 is 2.49 bits per heavy atom. The van der Waals surface area contributed by atoms with Gasteiger partial charge in [0.25, 0.3) is 5.56 Å². The van der Waals surface area contributed by atoms with Gasteiger partial charge in [0, 0.05) is 36.5 Å². The molecule has 1 aliphatic heterocycles. The molecule has 1 fully saturated rings. The maximum Gasteiger partial charge on any atom is 0.274 e. The van der Waals surface area contributed by atoms with Crippen LogP contribution in [0.5, 0.6) is 0 Å². The van der Waals surface area contributed by atoms with Crippen molar-refractivity contribution >= 4 is 10.8 Å². The minimum atomic E-state index is -0.250. The van der Waals surface area contributed by atoms with Crippen LogP contribution in [0.3, 0.4) is 0 Å². The molecule has 0 amide bonds. The molecule has 2 aromatic heterocycles. The van der Waals surface area contributed by atoms with E-state index in [0.29, 0.717) is 11.8 Å². The van der Waals surface area contributed by atoms with Crippen LogP contribution in [0.1, 0.15) is 42.3 Å². The predicted octanol–water partition coefficient (Wildman–Crippen LogP) is 0.378. The van der Waals surface area contributed by atoms with E-state index in [4.69, 9.17) is 5.10 Å². The summed E-state index contributed by atoms with van der Waals surface area (Å²) in [6.45, 7) is 3.18. The number of quaternary nitrogens is 1. The van der Waals surface area contributed by atoms with Gasteiger partial charge in [0.2, 0.25) is 0 Å². The number of aromatic nitrogens is 3. The van der Waals surface area contributed by atoms with E-state index < -0.39 is 0 Å². The smallest absolute Gasteiger partial charge is 0.274 e. The van der Waals surface area contributed by atoms with Crippen molar-refractivity contribution < 1.29 is 21.7 Å². The third-order valence-corrected chi connectivity index (χ3v) is 6.90. The first-order chi connectivity index (χ1) is 16.7. The zero-order valence-electron chi connectivity index (χ0n) is 19.7.